The lowest BCUT2D eigenvalue weighted by Crippen LogP contribution is -2.49. The van der Waals surface area contributed by atoms with Crippen molar-refractivity contribution in [2.75, 3.05) is 26.3 Å². The van der Waals surface area contributed by atoms with Crippen LogP contribution in [0.5, 0.6) is 0 Å². The van der Waals surface area contributed by atoms with Crippen LogP contribution in [0.15, 0.2) is 48.5 Å². The summed E-state index contributed by atoms with van der Waals surface area (Å²) in [5.41, 5.74) is -0.334. The molecular formula is C19H20FNO3. The summed E-state index contributed by atoms with van der Waals surface area (Å²) in [6.07, 6.45) is 0. The smallest absolute Gasteiger partial charge is 0.259 e. The highest BCUT2D eigenvalue weighted by Gasteiger charge is 2.37. The van der Waals surface area contributed by atoms with Crippen molar-refractivity contribution in [2.45, 2.75) is 12.5 Å². The molecule has 1 unspecified atom stereocenters. The molecule has 24 heavy (non-hydrogen) atoms. The summed E-state index contributed by atoms with van der Waals surface area (Å²) < 4.78 is 19.7. The minimum absolute atomic E-state index is 0.246. The van der Waals surface area contributed by atoms with Crippen molar-refractivity contribution in [3.63, 3.8) is 0 Å². The van der Waals surface area contributed by atoms with Crippen LogP contribution in [-0.4, -0.2) is 42.2 Å². The van der Waals surface area contributed by atoms with Gasteiger partial charge in [-0.15, -0.1) is 0 Å². The molecule has 1 heterocycles. The van der Waals surface area contributed by atoms with Gasteiger partial charge in [-0.25, -0.2) is 4.39 Å². The van der Waals surface area contributed by atoms with Crippen LogP contribution in [-0.2, 0) is 15.1 Å². The quantitative estimate of drug-likeness (QED) is 0.941. The molecule has 3 rings (SSSR count). The molecule has 0 saturated carbocycles. The number of aliphatic hydroxyl groups is 1. The van der Waals surface area contributed by atoms with Crippen molar-refractivity contribution in [2.24, 2.45) is 0 Å². The van der Waals surface area contributed by atoms with Crippen molar-refractivity contribution in [3.05, 3.63) is 59.9 Å². The van der Waals surface area contributed by atoms with E-state index in [1.54, 1.807) is 17.0 Å². The van der Waals surface area contributed by atoms with Crippen LogP contribution in [0.2, 0.25) is 0 Å². The van der Waals surface area contributed by atoms with Gasteiger partial charge in [0.25, 0.3) is 5.91 Å². The lowest BCUT2D eigenvalue weighted by molar-refractivity contribution is -0.154. The highest BCUT2D eigenvalue weighted by Crippen LogP contribution is 2.29. The Labute approximate surface area is 140 Å². The summed E-state index contributed by atoms with van der Waals surface area (Å²) in [7, 11) is 0. The summed E-state index contributed by atoms with van der Waals surface area (Å²) in [5.74, 6) is -0.897. The number of rotatable bonds is 3. The largest absolute Gasteiger partial charge is 0.378 e. The summed E-state index contributed by atoms with van der Waals surface area (Å²) in [4.78, 5) is 14.1. The maximum atomic E-state index is 14.5. The Morgan fingerprint density at radius 2 is 1.83 bits per heavy atom. The van der Waals surface area contributed by atoms with Gasteiger partial charge >= 0.3 is 0 Å². The van der Waals surface area contributed by atoms with Crippen LogP contribution < -0.4 is 0 Å². The Morgan fingerprint density at radius 1 is 1.17 bits per heavy atom. The SMILES string of the molecule is CC(O)(C(=O)N1CCOCC1)c1ccc(-c2ccccc2)c(F)c1. The molecule has 0 radical (unpaired) electrons. The normalized spacial score (nSPS) is 17.4. The second-order valence-electron chi connectivity index (χ2n) is 6.04. The number of carbonyl (C=O) groups is 1. The van der Waals surface area contributed by atoms with Crippen LogP contribution in [0.1, 0.15) is 12.5 Å². The van der Waals surface area contributed by atoms with Crippen molar-refractivity contribution < 1.29 is 19.0 Å². The molecule has 1 amide bonds. The molecule has 2 aromatic rings. The van der Waals surface area contributed by atoms with E-state index in [-0.39, 0.29) is 5.56 Å². The Bertz CT molecular complexity index is 725. The van der Waals surface area contributed by atoms with E-state index in [0.717, 1.165) is 5.56 Å². The fraction of sp³-hybridized carbons (Fsp3) is 0.316. The molecule has 1 N–H and O–H groups in total. The zero-order valence-corrected chi connectivity index (χ0v) is 13.5. The van der Waals surface area contributed by atoms with Gasteiger partial charge in [0.15, 0.2) is 5.60 Å². The van der Waals surface area contributed by atoms with Gasteiger partial charge < -0.3 is 14.7 Å². The third-order valence-electron chi connectivity index (χ3n) is 4.33. The predicted octanol–water partition coefficient (Wildman–Crippen LogP) is 2.56. The Hall–Kier alpha value is -2.24. The summed E-state index contributed by atoms with van der Waals surface area (Å²) in [6, 6.07) is 13.6. The Kier molecular flexibility index (Phi) is 4.64. The van der Waals surface area contributed by atoms with E-state index in [9.17, 15) is 14.3 Å². The Morgan fingerprint density at radius 3 is 2.46 bits per heavy atom. The zero-order chi connectivity index (χ0) is 17.2. The second-order valence-corrected chi connectivity index (χ2v) is 6.04. The van der Waals surface area contributed by atoms with Gasteiger partial charge in [-0.1, -0.05) is 42.5 Å². The first kappa shape index (κ1) is 16.6. The number of hydrogen-bond acceptors (Lipinski definition) is 3. The minimum Gasteiger partial charge on any atom is -0.378 e. The number of amides is 1. The second kappa shape index (κ2) is 6.71. The molecule has 1 aliphatic rings. The van der Waals surface area contributed by atoms with Crippen molar-refractivity contribution in [3.8, 4) is 11.1 Å². The van der Waals surface area contributed by atoms with Crippen LogP contribution in [0.25, 0.3) is 11.1 Å². The Balaban J connectivity index is 1.88. The zero-order valence-electron chi connectivity index (χ0n) is 13.5. The molecule has 1 saturated heterocycles. The molecule has 1 fully saturated rings. The third-order valence-corrected chi connectivity index (χ3v) is 4.33. The molecule has 126 valence electrons. The van der Waals surface area contributed by atoms with Crippen molar-refractivity contribution in [1.82, 2.24) is 4.90 Å². The predicted molar refractivity (Wildman–Crippen MR) is 88.8 cm³/mol. The summed E-state index contributed by atoms with van der Waals surface area (Å²) in [5, 5.41) is 10.7. The van der Waals surface area contributed by atoms with E-state index in [2.05, 4.69) is 0 Å². The fourth-order valence-corrected chi connectivity index (χ4v) is 2.87. The average Bonchev–Trinajstić information content (AvgIpc) is 2.62. The number of ether oxygens (including phenoxy) is 1. The lowest BCUT2D eigenvalue weighted by atomic mass is 9.92. The van der Waals surface area contributed by atoms with E-state index >= 15 is 0 Å². The topological polar surface area (TPSA) is 49.8 Å². The minimum atomic E-state index is -1.77. The first-order valence-corrected chi connectivity index (χ1v) is 7.95. The number of morpholine rings is 1. The number of benzene rings is 2. The molecule has 4 nitrogen and oxygen atoms in total. The summed E-state index contributed by atoms with van der Waals surface area (Å²) >= 11 is 0. The van der Waals surface area contributed by atoms with E-state index in [0.29, 0.717) is 31.9 Å². The summed E-state index contributed by atoms with van der Waals surface area (Å²) in [6.45, 7) is 3.16. The van der Waals surface area contributed by atoms with Gasteiger partial charge in [0, 0.05) is 18.7 Å². The first-order valence-electron chi connectivity index (χ1n) is 7.95. The first-order chi connectivity index (χ1) is 11.5. The molecule has 0 aromatic heterocycles. The molecule has 0 bridgehead atoms. The molecule has 1 aliphatic heterocycles. The molecule has 5 heteroatoms. The molecule has 2 aromatic carbocycles. The van der Waals surface area contributed by atoms with Gasteiger partial charge in [0.05, 0.1) is 13.2 Å². The van der Waals surface area contributed by atoms with E-state index < -0.39 is 17.3 Å². The van der Waals surface area contributed by atoms with Crippen molar-refractivity contribution in [1.29, 1.82) is 0 Å². The maximum absolute atomic E-state index is 14.5. The number of carbonyl (C=O) groups excluding carboxylic acids is 1. The van der Waals surface area contributed by atoms with Crippen LogP contribution in [0.4, 0.5) is 4.39 Å². The highest BCUT2D eigenvalue weighted by molar-refractivity contribution is 5.86. The van der Waals surface area contributed by atoms with Crippen LogP contribution in [0.3, 0.4) is 0 Å². The van der Waals surface area contributed by atoms with E-state index in [1.165, 1.54) is 13.0 Å². The third kappa shape index (κ3) is 3.18. The van der Waals surface area contributed by atoms with Gasteiger partial charge in [0.1, 0.15) is 5.82 Å². The highest BCUT2D eigenvalue weighted by atomic mass is 19.1. The van der Waals surface area contributed by atoms with Gasteiger partial charge in [-0.05, 0) is 24.1 Å². The molecular weight excluding hydrogens is 309 g/mol. The lowest BCUT2D eigenvalue weighted by Gasteiger charge is -2.33. The number of hydrogen-bond donors (Lipinski definition) is 1. The molecule has 1 atom stereocenters. The van der Waals surface area contributed by atoms with Gasteiger partial charge in [0.2, 0.25) is 0 Å². The average molecular weight is 329 g/mol. The monoisotopic (exact) mass is 329 g/mol. The standard InChI is InChI=1S/C19H20FNO3/c1-19(23,18(22)21-9-11-24-12-10-21)15-7-8-16(17(20)13-15)14-5-3-2-4-6-14/h2-8,13,23H,9-12H2,1H3. The van der Waals surface area contributed by atoms with Crippen LogP contribution >= 0.6 is 0 Å². The number of nitrogens with zero attached hydrogens (tertiary/aromatic N) is 1. The molecule has 0 spiro atoms. The fourth-order valence-electron chi connectivity index (χ4n) is 2.87. The van der Waals surface area contributed by atoms with Gasteiger partial charge in [-0.3, -0.25) is 4.79 Å². The number of halogens is 1. The van der Waals surface area contributed by atoms with E-state index in [4.69, 9.17) is 4.74 Å². The molecule has 0 aliphatic carbocycles. The van der Waals surface area contributed by atoms with E-state index in [1.807, 2.05) is 30.3 Å². The van der Waals surface area contributed by atoms with Crippen molar-refractivity contribution >= 4 is 5.91 Å². The maximum Gasteiger partial charge on any atom is 0.259 e. The van der Waals surface area contributed by atoms with Crippen LogP contribution in [0, 0.1) is 5.82 Å². The van der Waals surface area contributed by atoms with Gasteiger partial charge in [-0.2, -0.15) is 0 Å².